The van der Waals surface area contributed by atoms with E-state index in [2.05, 4.69) is 28.6 Å². The number of benzene rings is 1. The van der Waals surface area contributed by atoms with Crippen LogP contribution in [0.1, 0.15) is 6.92 Å². The molecule has 0 aliphatic rings. The first kappa shape index (κ1) is 14.2. The second kappa shape index (κ2) is 6.20. The maximum atomic E-state index is 13.3. The van der Waals surface area contributed by atoms with E-state index >= 15 is 0 Å². The lowest BCUT2D eigenvalue weighted by Gasteiger charge is -2.11. The van der Waals surface area contributed by atoms with Gasteiger partial charge in [0.1, 0.15) is 5.82 Å². The molecule has 17 heavy (non-hydrogen) atoms. The van der Waals surface area contributed by atoms with Crippen molar-refractivity contribution >= 4 is 34.2 Å². The minimum Gasteiger partial charge on any atom is -0.486 e. The van der Waals surface area contributed by atoms with E-state index in [9.17, 15) is 14.5 Å². The molecule has 0 N–H and O–H groups in total. The Morgan fingerprint density at radius 1 is 1.65 bits per heavy atom. The summed E-state index contributed by atoms with van der Waals surface area (Å²) in [5.74, 6) is 0.0606. The number of rotatable bonds is 5. The summed E-state index contributed by atoms with van der Waals surface area (Å²) >= 11 is 6.96. The number of halogens is 2. The molecule has 0 aliphatic heterocycles. The fraction of sp³-hybridized carbons (Fsp3) is 0.400. The van der Waals surface area contributed by atoms with E-state index in [1.165, 1.54) is 0 Å². The van der Waals surface area contributed by atoms with Crippen LogP contribution >= 0.6 is 28.6 Å². The molecule has 1 rings (SSSR count). The number of ether oxygens (including phenoxy) is 1. The third-order valence-electron chi connectivity index (χ3n) is 2.03. The topological polar surface area (TPSA) is 52.4 Å². The molecular weight excluding hydrogens is 313 g/mol. The van der Waals surface area contributed by atoms with Crippen LogP contribution in [0.4, 0.5) is 10.1 Å². The molecule has 7 heteroatoms. The van der Waals surface area contributed by atoms with Crippen molar-refractivity contribution in [2.75, 3.05) is 12.4 Å². The van der Waals surface area contributed by atoms with Gasteiger partial charge in [-0.05, 0) is 27.6 Å². The van der Waals surface area contributed by atoms with Gasteiger partial charge < -0.3 is 4.74 Å². The standard InChI is InChI=1S/C10H11BrFNO3S/c1-6(5-17)4-16-10-3-8(12)7(11)2-9(10)13(14)15/h2-3,6,17H,4-5H2,1H3. The third kappa shape index (κ3) is 3.85. The van der Waals surface area contributed by atoms with Crippen LogP contribution < -0.4 is 4.74 Å². The highest BCUT2D eigenvalue weighted by Gasteiger charge is 2.19. The molecule has 0 aliphatic carbocycles. The van der Waals surface area contributed by atoms with Gasteiger partial charge in [0.25, 0.3) is 0 Å². The Labute approximate surface area is 112 Å². The van der Waals surface area contributed by atoms with Crippen LogP contribution in [0.2, 0.25) is 0 Å². The smallest absolute Gasteiger partial charge is 0.312 e. The van der Waals surface area contributed by atoms with Gasteiger partial charge in [0.15, 0.2) is 5.75 Å². The second-order valence-electron chi connectivity index (χ2n) is 3.59. The van der Waals surface area contributed by atoms with E-state index in [-0.39, 0.29) is 28.4 Å². The lowest BCUT2D eigenvalue weighted by molar-refractivity contribution is -0.386. The predicted molar refractivity (Wildman–Crippen MR) is 69.3 cm³/mol. The summed E-state index contributed by atoms with van der Waals surface area (Å²) in [6.07, 6.45) is 0. The van der Waals surface area contributed by atoms with E-state index in [1.807, 2.05) is 6.92 Å². The van der Waals surface area contributed by atoms with Gasteiger partial charge in [-0.1, -0.05) is 6.92 Å². The van der Waals surface area contributed by atoms with Crippen LogP contribution in [0.3, 0.4) is 0 Å². The predicted octanol–water partition coefficient (Wildman–Crippen LogP) is 3.44. The minimum atomic E-state index is -0.606. The first-order chi connectivity index (χ1) is 7.95. The van der Waals surface area contributed by atoms with Gasteiger partial charge >= 0.3 is 5.69 Å². The maximum absolute atomic E-state index is 13.3. The molecule has 0 bridgehead atoms. The molecule has 4 nitrogen and oxygen atoms in total. The first-order valence-corrected chi connectivity index (χ1v) is 6.25. The highest BCUT2D eigenvalue weighted by molar-refractivity contribution is 9.10. The highest BCUT2D eigenvalue weighted by Crippen LogP contribution is 2.32. The Balaban J connectivity index is 2.96. The molecule has 0 amide bonds. The number of hydrogen-bond donors (Lipinski definition) is 1. The highest BCUT2D eigenvalue weighted by atomic mass is 79.9. The van der Waals surface area contributed by atoms with E-state index in [0.717, 1.165) is 12.1 Å². The zero-order valence-electron chi connectivity index (χ0n) is 9.02. The van der Waals surface area contributed by atoms with Gasteiger partial charge in [-0.25, -0.2) is 4.39 Å². The number of nitro benzene ring substituents is 1. The van der Waals surface area contributed by atoms with Crippen molar-refractivity contribution in [2.24, 2.45) is 5.92 Å². The van der Waals surface area contributed by atoms with Crippen LogP contribution in [-0.4, -0.2) is 17.3 Å². The van der Waals surface area contributed by atoms with Crippen LogP contribution in [0, 0.1) is 21.8 Å². The Bertz CT molecular complexity index is 430. The Kier molecular flexibility index (Phi) is 5.20. The average molecular weight is 324 g/mol. The molecule has 0 spiro atoms. The van der Waals surface area contributed by atoms with Gasteiger partial charge in [0, 0.05) is 12.1 Å². The maximum Gasteiger partial charge on any atom is 0.312 e. The van der Waals surface area contributed by atoms with Gasteiger partial charge in [0.2, 0.25) is 0 Å². The summed E-state index contributed by atoms with van der Waals surface area (Å²) in [7, 11) is 0. The number of hydrogen-bond acceptors (Lipinski definition) is 4. The third-order valence-corrected chi connectivity index (χ3v) is 3.26. The quantitative estimate of drug-likeness (QED) is 0.513. The summed E-state index contributed by atoms with van der Waals surface area (Å²) in [5.41, 5.74) is -0.260. The normalized spacial score (nSPS) is 12.2. The zero-order chi connectivity index (χ0) is 13.0. The van der Waals surface area contributed by atoms with E-state index < -0.39 is 10.7 Å². The molecule has 0 heterocycles. The summed E-state index contributed by atoms with van der Waals surface area (Å²) in [5, 5.41) is 10.8. The number of thiol groups is 1. The lowest BCUT2D eigenvalue weighted by atomic mass is 10.2. The summed E-state index contributed by atoms with van der Waals surface area (Å²) < 4.78 is 18.5. The van der Waals surface area contributed by atoms with Crippen molar-refractivity contribution in [1.82, 2.24) is 0 Å². The Morgan fingerprint density at radius 3 is 2.82 bits per heavy atom. The number of nitrogens with zero attached hydrogens (tertiary/aromatic N) is 1. The van der Waals surface area contributed by atoms with Crippen molar-refractivity contribution in [3.05, 3.63) is 32.5 Å². The van der Waals surface area contributed by atoms with Crippen molar-refractivity contribution in [3.8, 4) is 5.75 Å². The van der Waals surface area contributed by atoms with Crippen LogP contribution in [-0.2, 0) is 0 Å². The molecule has 1 unspecified atom stereocenters. The van der Waals surface area contributed by atoms with Crippen LogP contribution in [0.25, 0.3) is 0 Å². The molecular formula is C10H11BrFNO3S. The molecule has 1 aromatic rings. The lowest BCUT2D eigenvalue weighted by Crippen LogP contribution is -2.10. The first-order valence-electron chi connectivity index (χ1n) is 4.82. The van der Waals surface area contributed by atoms with E-state index in [0.29, 0.717) is 5.75 Å². The molecule has 1 atom stereocenters. The zero-order valence-corrected chi connectivity index (χ0v) is 11.5. The Morgan fingerprint density at radius 2 is 2.29 bits per heavy atom. The molecule has 0 saturated carbocycles. The van der Waals surface area contributed by atoms with Gasteiger partial charge in [-0.3, -0.25) is 10.1 Å². The minimum absolute atomic E-state index is 0.0405. The molecule has 0 saturated heterocycles. The molecule has 0 aromatic heterocycles. The van der Waals surface area contributed by atoms with Crippen LogP contribution in [0.15, 0.2) is 16.6 Å². The average Bonchev–Trinajstić information content (AvgIpc) is 2.29. The largest absolute Gasteiger partial charge is 0.486 e. The number of nitro groups is 1. The molecule has 94 valence electrons. The summed E-state index contributed by atoms with van der Waals surface area (Å²) in [6, 6.07) is 2.10. The fourth-order valence-electron chi connectivity index (χ4n) is 1.06. The van der Waals surface area contributed by atoms with Gasteiger partial charge in [-0.2, -0.15) is 12.6 Å². The van der Waals surface area contributed by atoms with Gasteiger partial charge in [-0.15, -0.1) is 0 Å². The SMILES string of the molecule is CC(CS)COc1cc(F)c(Br)cc1[N+](=O)[O-]. The molecule has 0 radical (unpaired) electrons. The van der Waals surface area contributed by atoms with Crippen molar-refractivity contribution in [1.29, 1.82) is 0 Å². The Hall–Kier alpha value is -0.820. The second-order valence-corrected chi connectivity index (χ2v) is 4.81. The van der Waals surface area contributed by atoms with E-state index in [4.69, 9.17) is 4.74 Å². The monoisotopic (exact) mass is 323 g/mol. The van der Waals surface area contributed by atoms with Crippen molar-refractivity contribution < 1.29 is 14.1 Å². The van der Waals surface area contributed by atoms with Gasteiger partial charge in [0.05, 0.1) is 16.0 Å². The fourth-order valence-corrected chi connectivity index (χ4v) is 1.50. The van der Waals surface area contributed by atoms with E-state index in [1.54, 1.807) is 0 Å². The molecule has 0 fully saturated rings. The summed E-state index contributed by atoms with van der Waals surface area (Å²) in [4.78, 5) is 10.2. The van der Waals surface area contributed by atoms with Crippen molar-refractivity contribution in [2.45, 2.75) is 6.92 Å². The van der Waals surface area contributed by atoms with Crippen molar-refractivity contribution in [3.63, 3.8) is 0 Å². The summed E-state index contributed by atoms with van der Waals surface area (Å²) in [6.45, 7) is 2.14. The van der Waals surface area contributed by atoms with Crippen LogP contribution in [0.5, 0.6) is 5.75 Å². The molecule has 1 aromatic carbocycles.